The summed E-state index contributed by atoms with van der Waals surface area (Å²) in [5, 5.41) is 14.5. The van der Waals surface area contributed by atoms with Gasteiger partial charge in [0, 0.05) is 11.5 Å². The van der Waals surface area contributed by atoms with Gasteiger partial charge >= 0.3 is 0 Å². The van der Waals surface area contributed by atoms with Gasteiger partial charge < -0.3 is 5.32 Å². The van der Waals surface area contributed by atoms with E-state index in [1.54, 1.807) is 17.6 Å². The Morgan fingerprint density at radius 3 is 2.84 bits per heavy atom. The second-order valence-corrected chi connectivity index (χ2v) is 6.76. The van der Waals surface area contributed by atoms with Crippen LogP contribution in [0.3, 0.4) is 0 Å². The first-order valence-electron chi connectivity index (χ1n) is 6.92. The lowest BCUT2D eigenvalue weighted by molar-refractivity contribution is -0.385. The van der Waals surface area contributed by atoms with E-state index in [4.69, 9.17) is 0 Å². The van der Waals surface area contributed by atoms with Crippen LogP contribution in [0.25, 0.3) is 21.1 Å². The molecule has 0 aliphatic carbocycles. The van der Waals surface area contributed by atoms with Gasteiger partial charge in [0.25, 0.3) is 5.69 Å². The zero-order valence-electron chi connectivity index (χ0n) is 12.2. The Bertz CT molecular complexity index is 1150. The lowest BCUT2D eigenvalue weighted by Crippen LogP contribution is -1.99. The normalized spacial score (nSPS) is 11.1. The van der Waals surface area contributed by atoms with Crippen molar-refractivity contribution in [1.82, 2.24) is 15.0 Å². The van der Waals surface area contributed by atoms with E-state index < -0.39 is 10.7 Å². The van der Waals surface area contributed by atoms with Crippen molar-refractivity contribution >= 4 is 65.6 Å². The summed E-state index contributed by atoms with van der Waals surface area (Å²) in [6, 6.07) is 6.13. The minimum Gasteiger partial charge on any atom is -0.337 e. The van der Waals surface area contributed by atoms with Crippen molar-refractivity contribution in [1.29, 1.82) is 0 Å². The second-order valence-electron chi connectivity index (χ2n) is 5.05. The van der Waals surface area contributed by atoms with Crippen molar-refractivity contribution in [2.75, 3.05) is 5.32 Å². The first-order valence-corrected chi connectivity index (χ1v) is 8.59. The summed E-state index contributed by atoms with van der Waals surface area (Å²) in [6.07, 6.45) is 1.31. The topological polar surface area (TPSA) is 93.8 Å². The van der Waals surface area contributed by atoms with Crippen molar-refractivity contribution in [3.05, 3.63) is 56.5 Å². The number of nitrogens with zero attached hydrogens (tertiary/aromatic N) is 4. The number of rotatable bonds is 3. The number of nitro benzene ring substituents is 1. The standard InChI is InChI=1S/C15H7BrFN5O2S/c16-8-4-11-7(3-12(8)22(23)24)15(19-5-18-11)21-9-1-2-10-14(13(9)17)25-6-20-10/h1-6H,(H,18,19,21). The summed E-state index contributed by atoms with van der Waals surface area (Å²) in [5.74, 6) is -0.165. The number of nitro groups is 1. The number of benzene rings is 2. The van der Waals surface area contributed by atoms with Gasteiger partial charge in [0.05, 0.1) is 36.3 Å². The van der Waals surface area contributed by atoms with E-state index in [-0.39, 0.29) is 17.2 Å². The van der Waals surface area contributed by atoms with E-state index in [1.807, 2.05) is 0 Å². The van der Waals surface area contributed by atoms with Crippen molar-refractivity contribution in [2.24, 2.45) is 0 Å². The van der Waals surface area contributed by atoms with Crippen LogP contribution in [0.2, 0.25) is 0 Å². The van der Waals surface area contributed by atoms with Crippen LogP contribution in [-0.4, -0.2) is 19.9 Å². The zero-order valence-corrected chi connectivity index (χ0v) is 14.6. The van der Waals surface area contributed by atoms with Crippen molar-refractivity contribution in [3.8, 4) is 0 Å². The Hall–Kier alpha value is -2.72. The molecule has 2 aromatic heterocycles. The molecule has 0 atom stereocenters. The Labute approximate surface area is 151 Å². The fourth-order valence-electron chi connectivity index (χ4n) is 2.43. The summed E-state index contributed by atoms with van der Waals surface area (Å²) in [6.45, 7) is 0. The summed E-state index contributed by atoms with van der Waals surface area (Å²) in [4.78, 5) is 22.9. The Morgan fingerprint density at radius 1 is 1.20 bits per heavy atom. The molecule has 25 heavy (non-hydrogen) atoms. The Morgan fingerprint density at radius 2 is 2.04 bits per heavy atom. The van der Waals surface area contributed by atoms with Crippen LogP contribution in [0.15, 0.2) is 40.6 Å². The molecule has 4 rings (SSSR count). The molecule has 4 aromatic rings. The number of anilines is 2. The molecule has 0 aliphatic rings. The third-order valence-corrected chi connectivity index (χ3v) is 5.06. The molecule has 2 aromatic carbocycles. The van der Waals surface area contributed by atoms with Crippen molar-refractivity contribution in [3.63, 3.8) is 0 Å². The number of hydrogen-bond acceptors (Lipinski definition) is 7. The highest BCUT2D eigenvalue weighted by Crippen LogP contribution is 2.34. The smallest absolute Gasteiger partial charge is 0.284 e. The molecule has 0 amide bonds. The number of nitrogens with one attached hydrogen (secondary N) is 1. The molecule has 2 heterocycles. The highest BCUT2D eigenvalue weighted by Gasteiger charge is 2.17. The van der Waals surface area contributed by atoms with Gasteiger partial charge in [-0.3, -0.25) is 10.1 Å². The number of halogens is 2. The van der Waals surface area contributed by atoms with E-state index in [1.165, 1.54) is 29.8 Å². The van der Waals surface area contributed by atoms with Crippen LogP contribution >= 0.6 is 27.3 Å². The largest absolute Gasteiger partial charge is 0.337 e. The van der Waals surface area contributed by atoms with Gasteiger partial charge in [-0.15, -0.1) is 11.3 Å². The monoisotopic (exact) mass is 419 g/mol. The van der Waals surface area contributed by atoms with Crippen molar-refractivity contribution in [2.45, 2.75) is 0 Å². The molecule has 0 aliphatic heterocycles. The second kappa shape index (κ2) is 5.97. The molecule has 1 N–H and O–H groups in total. The van der Waals surface area contributed by atoms with E-state index >= 15 is 0 Å². The molecule has 0 saturated heterocycles. The van der Waals surface area contributed by atoms with Gasteiger partial charge in [-0.05, 0) is 34.1 Å². The van der Waals surface area contributed by atoms with Crippen LogP contribution in [0, 0.1) is 15.9 Å². The molecule has 0 fully saturated rings. The first kappa shape index (κ1) is 15.8. The van der Waals surface area contributed by atoms with E-state index in [0.717, 1.165) is 0 Å². The van der Waals surface area contributed by atoms with Gasteiger partial charge in [-0.1, -0.05) is 0 Å². The minimum absolute atomic E-state index is 0.122. The molecule has 0 radical (unpaired) electrons. The van der Waals surface area contributed by atoms with Gasteiger partial charge in [-0.2, -0.15) is 0 Å². The van der Waals surface area contributed by atoms with Crippen molar-refractivity contribution < 1.29 is 9.31 Å². The van der Waals surface area contributed by atoms with Gasteiger partial charge in [-0.25, -0.2) is 19.3 Å². The number of aromatic nitrogens is 3. The van der Waals surface area contributed by atoms with Gasteiger partial charge in [0.1, 0.15) is 12.1 Å². The molecule has 0 spiro atoms. The van der Waals surface area contributed by atoms with E-state index in [9.17, 15) is 14.5 Å². The quantitative estimate of drug-likeness (QED) is 0.378. The highest BCUT2D eigenvalue weighted by atomic mass is 79.9. The predicted octanol–water partition coefficient (Wildman–Crippen LogP) is 4.79. The lowest BCUT2D eigenvalue weighted by atomic mass is 10.2. The zero-order chi connectivity index (χ0) is 17.6. The summed E-state index contributed by atoms with van der Waals surface area (Å²) < 4.78 is 15.3. The molecule has 124 valence electrons. The van der Waals surface area contributed by atoms with Crippen LogP contribution in [0.5, 0.6) is 0 Å². The average molecular weight is 420 g/mol. The Kier molecular flexibility index (Phi) is 3.77. The summed E-state index contributed by atoms with van der Waals surface area (Å²) in [7, 11) is 0. The van der Waals surface area contributed by atoms with Crippen LogP contribution in [0.1, 0.15) is 0 Å². The van der Waals surface area contributed by atoms with Gasteiger partial charge in [0.2, 0.25) is 0 Å². The maximum absolute atomic E-state index is 14.6. The fraction of sp³-hybridized carbons (Fsp3) is 0. The maximum atomic E-state index is 14.6. The number of fused-ring (bicyclic) bond motifs is 2. The number of thiazole rings is 1. The minimum atomic E-state index is -0.510. The van der Waals surface area contributed by atoms with Crippen LogP contribution < -0.4 is 5.32 Å². The summed E-state index contributed by atoms with van der Waals surface area (Å²) >= 11 is 4.35. The molecule has 10 heteroatoms. The molecule has 0 saturated carbocycles. The van der Waals surface area contributed by atoms with Crippen LogP contribution in [-0.2, 0) is 0 Å². The SMILES string of the molecule is O=[N+]([O-])c1cc2c(Nc3ccc4ncsc4c3F)ncnc2cc1Br. The van der Waals surface area contributed by atoms with Gasteiger partial charge in [0.15, 0.2) is 5.82 Å². The molecule has 0 unspecified atom stereocenters. The van der Waals surface area contributed by atoms with Crippen LogP contribution in [0.4, 0.5) is 21.6 Å². The molecular formula is C15H7BrFN5O2S. The fourth-order valence-corrected chi connectivity index (χ4v) is 3.63. The lowest BCUT2D eigenvalue weighted by Gasteiger charge is -2.10. The average Bonchev–Trinajstić information content (AvgIpc) is 3.06. The summed E-state index contributed by atoms with van der Waals surface area (Å²) in [5.41, 5.74) is 2.72. The predicted molar refractivity (Wildman–Crippen MR) is 96.8 cm³/mol. The maximum Gasteiger partial charge on any atom is 0.284 e. The third kappa shape index (κ3) is 2.68. The van der Waals surface area contributed by atoms with E-state index in [2.05, 4.69) is 36.2 Å². The number of hydrogen-bond donors (Lipinski definition) is 1. The molecule has 7 nitrogen and oxygen atoms in total. The Balaban J connectivity index is 1.86. The van der Waals surface area contributed by atoms with E-state index in [0.29, 0.717) is 25.6 Å². The first-order chi connectivity index (χ1) is 12.0. The molecule has 0 bridgehead atoms. The molecular weight excluding hydrogens is 413 g/mol. The highest BCUT2D eigenvalue weighted by molar-refractivity contribution is 9.10. The third-order valence-electron chi connectivity index (χ3n) is 3.59.